The highest BCUT2D eigenvalue weighted by atomic mass is 32.2. The van der Waals surface area contributed by atoms with Crippen molar-refractivity contribution in [2.45, 2.75) is 0 Å². The minimum atomic E-state index is -3.22. The molecular weight excluding hydrogens is 200 g/mol. The van der Waals surface area contributed by atoms with E-state index >= 15 is 0 Å². The van der Waals surface area contributed by atoms with Gasteiger partial charge in [0.15, 0.2) is 0 Å². The SMILES string of the molecule is CS(=O)(=O)n1ccc2cc(N)ccc21. The van der Waals surface area contributed by atoms with Gasteiger partial charge in [-0.15, -0.1) is 0 Å². The van der Waals surface area contributed by atoms with Gasteiger partial charge in [0.1, 0.15) is 0 Å². The summed E-state index contributed by atoms with van der Waals surface area (Å²) in [5.74, 6) is 0. The molecule has 0 aliphatic carbocycles. The summed E-state index contributed by atoms with van der Waals surface area (Å²) in [6.07, 6.45) is 2.70. The molecule has 2 N–H and O–H groups in total. The van der Waals surface area contributed by atoms with E-state index in [1.54, 1.807) is 24.3 Å². The van der Waals surface area contributed by atoms with Crippen LogP contribution in [-0.2, 0) is 10.0 Å². The number of aromatic nitrogens is 1. The molecule has 0 atom stereocenters. The predicted octanol–water partition coefficient (Wildman–Crippen LogP) is 1.03. The van der Waals surface area contributed by atoms with Gasteiger partial charge in [0.2, 0.25) is 10.0 Å². The van der Waals surface area contributed by atoms with Crippen LogP contribution in [0.25, 0.3) is 10.9 Å². The molecule has 0 unspecified atom stereocenters. The molecule has 0 radical (unpaired) electrons. The Hall–Kier alpha value is -1.49. The summed E-state index contributed by atoms with van der Waals surface area (Å²) in [4.78, 5) is 0. The first-order chi connectivity index (χ1) is 6.48. The quantitative estimate of drug-likeness (QED) is 0.715. The van der Waals surface area contributed by atoms with Crippen molar-refractivity contribution < 1.29 is 8.42 Å². The Balaban J connectivity index is 2.83. The fourth-order valence-corrected chi connectivity index (χ4v) is 2.23. The van der Waals surface area contributed by atoms with Crippen LogP contribution in [0.1, 0.15) is 0 Å². The Bertz CT molecular complexity index is 584. The van der Waals surface area contributed by atoms with E-state index in [-0.39, 0.29) is 0 Å². The van der Waals surface area contributed by atoms with Crippen LogP contribution in [0.5, 0.6) is 0 Å². The van der Waals surface area contributed by atoms with Crippen molar-refractivity contribution in [1.29, 1.82) is 0 Å². The van der Waals surface area contributed by atoms with Crippen LogP contribution in [0.3, 0.4) is 0 Å². The molecule has 1 aromatic heterocycles. The Morgan fingerprint density at radius 1 is 1.29 bits per heavy atom. The number of benzene rings is 1. The highest BCUT2D eigenvalue weighted by Crippen LogP contribution is 2.19. The highest BCUT2D eigenvalue weighted by molar-refractivity contribution is 7.89. The molecule has 1 aromatic carbocycles. The number of hydrogen-bond donors (Lipinski definition) is 1. The van der Waals surface area contributed by atoms with Crippen molar-refractivity contribution in [2.24, 2.45) is 0 Å². The largest absolute Gasteiger partial charge is 0.399 e. The fourth-order valence-electron chi connectivity index (χ4n) is 1.42. The number of nitrogens with zero attached hydrogens (tertiary/aromatic N) is 1. The zero-order valence-corrected chi connectivity index (χ0v) is 8.45. The van der Waals surface area contributed by atoms with E-state index in [4.69, 9.17) is 5.73 Å². The molecular formula is C9H10N2O2S. The minimum absolute atomic E-state index is 0.628. The summed E-state index contributed by atoms with van der Waals surface area (Å²) in [6, 6.07) is 6.86. The van der Waals surface area contributed by atoms with Crippen LogP contribution in [0.15, 0.2) is 30.5 Å². The number of hydrogen-bond acceptors (Lipinski definition) is 3. The van der Waals surface area contributed by atoms with Crippen molar-refractivity contribution in [3.8, 4) is 0 Å². The van der Waals surface area contributed by atoms with Crippen molar-refractivity contribution in [3.63, 3.8) is 0 Å². The van der Waals surface area contributed by atoms with Gasteiger partial charge >= 0.3 is 0 Å². The normalized spacial score (nSPS) is 12.1. The Labute approximate surface area is 82.0 Å². The Morgan fingerprint density at radius 3 is 2.64 bits per heavy atom. The van der Waals surface area contributed by atoms with E-state index in [0.717, 1.165) is 5.39 Å². The lowest BCUT2D eigenvalue weighted by atomic mass is 10.2. The molecule has 0 amide bonds. The first kappa shape index (κ1) is 9.08. The molecule has 5 heteroatoms. The third-order valence-corrected chi connectivity index (χ3v) is 3.07. The van der Waals surface area contributed by atoms with Crippen LogP contribution in [-0.4, -0.2) is 18.6 Å². The molecule has 0 aliphatic rings. The molecule has 0 saturated carbocycles. The van der Waals surface area contributed by atoms with Gasteiger partial charge in [0.25, 0.3) is 0 Å². The van der Waals surface area contributed by atoms with Crippen molar-refractivity contribution in [3.05, 3.63) is 30.5 Å². The fraction of sp³-hybridized carbons (Fsp3) is 0.111. The maximum absolute atomic E-state index is 11.3. The first-order valence-electron chi connectivity index (χ1n) is 4.05. The second-order valence-corrected chi connectivity index (χ2v) is 5.05. The summed E-state index contributed by atoms with van der Waals surface area (Å²) in [6.45, 7) is 0. The van der Waals surface area contributed by atoms with Crippen LogP contribution >= 0.6 is 0 Å². The lowest BCUT2D eigenvalue weighted by Crippen LogP contribution is -2.07. The summed E-state index contributed by atoms with van der Waals surface area (Å²) in [7, 11) is -3.22. The standard InChI is InChI=1S/C9H10N2O2S/c1-14(12,13)11-5-4-7-6-8(10)2-3-9(7)11/h2-6H,10H2,1H3. The van der Waals surface area contributed by atoms with E-state index in [2.05, 4.69) is 0 Å². The van der Waals surface area contributed by atoms with E-state index in [1.807, 2.05) is 0 Å². The molecule has 2 aromatic rings. The summed E-state index contributed by atoms with van der Waals surface area (Å²) in [5, 5.41) is 0.829. The van der Waals surface area contributed by atoms with E-state index in [0.29, 0.717) is 11.2 Å². The molecule has 0 fully saturated rings. The zero-order chi connectivity index (χ0) is 10.3. The second kappa shape index (κ2) is 2.75. The lowest BCUT2D eigenvalue weighted by molar-refractivity contribution is 0.595. The molecule has 4 nitrogen and oxygen atoms in total. The number of nitrogens with two attached hydrogens (primary N) is 1. The highest BCUT2D eigenvalue weighted by Gasteiger charge is 2.08. The molecule has 1 heterocycles. The zero-order valence-electron chi connectivity index (χ0n) is 7.64. The first-order valence-corrected chi connectivity index (χ1v) is 5.90. The van der Waals surface area contributed by atoms with Crippen molar-refractivity contribution in [2.75, 3.05) is 12.0 Å². The van der Waals surface area contributed by atoms with Crippen LogP contribution in [0, 0.1) is 0 Å². The van der Waals surface area contributed by atoms with Crippen molar-refractivity contribution in [1.82, 2.24) is 3.97 Å². The average Bonchev–Trinajstić information content (AvgIpc) is 2.45. The number of rotatable bonds is 1. The average molecular weight is 210 g/mol. The Morgan fingerprint density at radius 2 is 2.00 bits per heavy atom. The minimum Gasteiger partial charge on any atom is -0.399 e. The lowest BCUT2D eigenvalue weighted by Gasteiger charge is -2.01. The second-order valence-electron chi connectivity index (χ2n) is 3.19. The smallest absolute Gasteiger partial charge is 0.236 e. The summed E-state index contributed by atoms with van der Waals surface area (Å²) in [5.41, 5.74) is 6.87. The van der Waals surface area contributed by atoms with Crippen LogP contribution < -0.4 is 5.73 Å². The molecule has 2 rings (SSSR count). The summed E-state index contributed by atoms with van der Waals surface area (Å²) >= 11 is 0. The monoisotopic (exact) mass is 210 g/mol. The maximum atomic E-state index is 11.3. The predicted molar refractivity (Wildman–Crippen MR) is 56.6 cm³/mol. The molecule has 0 bridgehead atoms. The Kier molecular flexibility index (Phi) is 1.78. The van der Waals surface area contributed by atoms with Crippen molar-refractivity contribution >= 4 is 26.6 Å². The third kappa shape index (κ3) is 1.35. The number of anilines is 1. The van der Waals surface area contributed by atoms with Gasteiger partial charge < -0.3 is 5.73 Å². The number of nitrogen functional groups attached to an aromatic ring is 1. The molecule has 0 spiro atoms. The molecule has 14 heavy (non-hydrogen) atoms. The molecule has 0 aliphatic heterocycles. The number of fused-ring (bicyclic) bond motifs is 1. The van der Waals surface area contributed by atoms with Crippen LogP contribution in [0.4, 0.5) is 5.69 Å². The summed E-state index contributed by atoms with van der Waals surface area (Å²) < 4.78 is 23.9. The van der Waals surface area contributed by atoms with Crippen LogP contribution in [0.2, 0.25) is 0 Å². The topological polar surface area (TPSA) is 65.1 Å². The van der Waals surface area contributed by atoms with Gasteiger partial charge in [-0.2, -0.15) is 0 Å². The van der Waals surface area contributed by atoms with Gasteiger partial charge in [-0.3, -0.25) is 0 Å². The van der Waals surface area contributed by atoms with Gasteiger partial charge in [0.05, 0.1) is 11.8 Å². The van der Waals surface area contributed by atoms with Gasteiger partial charge in [-0.05, 0) is 24.3 Å². The van der Waals surface area contributed by atoms with E-state index in [1.165, 1.54) is 16.4 Å². The maximum Gasteiger partial charge on any atom is 0.236 e. The van der Waals surface area contributed by atoms with Gasteiger partial charge in [-0.25, -0.2) is 12.4 Å². The van der Waals surface area contributed by atoms with E-state index < -0.39 is 10.0 Å². The molecule has 74 valence electrons. The third-order valence-electron chi connectivity index (χ3n) is 2.04. The van der Waals surface area contributed by atoms with Gasteiger partial charge in [-0.1, -0.05) is 0 Å². The van der Waals surface area contributed by atoms with E-state index in [9.17, 15) is 8.42 Å². The van der Waals surface area contributed by atoms with Gasteiger partial charge in [0, 0.05) is 17.3 Å². The molecule has 0 saturated heterocycles.